The van der Waals surface area contributed by atoms with Gasteiger partial charge < -0.3 is 9.64 Å². The quantitative estimate of drug-likeness (QED) is 0.703. The molecule has 0 radical (unpaired) electrons. The highest BCUT2D eigenvalue weighted by Crippen LogP contribution is 2.31. The van der Waals surface area contributed by atoms with E-state index in [9.17, 15) is 0 Å². The van der Waals surface area contributed by atoms with Gasteiger partial charge in [-0.1, -0.05) is 6.92 Å². The fourth-order valence-electron chi connectivity index (χ4n) is 4.44. The average molecular weight is 325 g/mol. The number of hydrogen-bond donors (Lipinski definition) is 0. The molecule has 2 aliphatic rings. The Hall–Kier alpha value is -0.120. The van der Waals surface area contributed by atoms with E-state index < -0.39 is 0 Å². The van der Waals surface area contributed by atoms with Crippen LogP contribution in [0.2, 0.25) is 0 Å². The zero-order valence-electron chi connectivity index (χ0n) is 16.3. The lowest BCUT2D eigenvalue weighted by Crippen LogP contribution is -2.49. The van der Waals surface area contributed by atoms with Crippen molar-refractivity contribution in [3.8, 4) is 0 Å². The number of ether oxygens (including phenoxy) is 1. The normalized spacial score (nSPS) is 29.3. The predicted octanol–water partition coefficient (Wildman–Crippen LogP) is 4.02. The van der Waals surface area contributed by atoms with Crippen molar-refractivity contribution in [1.29, 1.82) is 0 Å². The molecule has 23 heavy (non-hydrogen) atoms. The van der Waals surface area contributed by atoms with Crippen molar-refractivity contribution >= 4 is 0 Å². The molecule has 0 unspecified atom stereocenters. The largest absolute Gasteiger partial charge is 0.376 e. The summed E-state index contributed by atoms with van der Waals surface area (Å²) in [6.45, 7) is 17.7. The SMILES string of the molecule is CC(C)OC1CCC(C[C@@H](C)CN2CCN(C(C)C)CC2)CC1. The lowest BCUT2D eigenvalue weighted by Gasteiger charge is -2.38. The minimum absolute atomic E-state index is 0.389. The summed E-state index contributed by atoms with van der Waals surface area (Å²) in [5.41, 5.74) is 0. The van der Waals surface area contributed by atoms with E-state index in [1.165, 1.54) is 64.8 Å². The number of hydrogen-bond acceptors (Lipinski definition) is 3. The highest BCUT2D eigenvalue weighted by Gasteiger charge is 2.25. The van der Waals surface area contributed by atoms with Crippen LogP contribution in [-0.2, 0) is 4.74 Å². The second kappa shape index (κ2) is 9.39. The van der Waals surface area contributed by atoms with Crippen LogP contribution in [0.25, 0.3) is 0 Å². The Labute approximate surface area is 144 Å². The molecule has 1 atom stereocenters. The van der Waals surface area contributed by atoms with Gasteiger partial charge in [0, 0.05) is 38.8 Å². The predicted molar refractivity (Wildman–Crippen MR) is 98.9 cm³/mol. The summed E-state index contributed by atoms with van der Waals surface area (Å²) in [6.07, 6.45) is 7.65. The van der Waals surface area contributed by atoms with E-state index in [2.05, 4.69) is 44.4 Å². The highest BCUT2D eigenvalue weighted by molar-refractivity contribution is 4.78. The maximum absolute atomic E-state index is 5.98. The van der Waals surface area contributed by atoms with Gasteiger partial charge in [-0.05, 0) is 71.6 Å². The van der Waals surface area contributed by atoms with Gasteiger partial charge in [-0.25, -0.2) is 0 Å². The smallest absolute Gasteiger partial charge is 0.0578 e. The average Bonchev–Trinajstić information content (AvgIpc) is 2.49. The van der Waals surface area contributed by atoms with Gasteiger partial charge in [0.15, 0.2) is 0 Å². The van der Waals surface area contributed by atoms with Crippen molar-refractivity contribution in [2.75, 3.05) is 32.7 Å². The standard InChI is InChI=1S/C20H40N2O/c1-16(2)22-12-10-21(11-13-22)15-18(5)14-19-6-8-20(9-7-19)23-17(3)4/h16-20H,6-15H2,1-5H3/t18-,19?,20?/m1/s1. The Morgan fingerprint density at radius 2 is 1.48 bits per heavy atom. The first-order chi connectivity index (χ1) is 10.9. The van der Waals surface area contributed by atoms with Gasteiger partial charge in [-0.2, -0.15) is 0 Å². The number of rotatable bonds is 7. The van der Waals surface area contributed by atoms with Crippen LogP contribution in [0, 0.1) is 11.8 Å². The Balaban J connectivity index is 1.61. The fourth-order valence-corrected chi connectivity index (χ4v) is 4.44. The molecule has 2 rings (SSSR count). The van der Waals surface area contributed by atoms with Crippen LogP contribution < -0.4 is 0 Å². The Morgan fingerprint density at radius 3 is 2.00 bits per heavy atom. The van der Waals surface area contributed by atoms with Gasteiger partial charge in [0.2, 0.25) is 0 Å². The second-order valence-electron chi connectivity index (χ2n) is 8.60. The Morgan fingerprint density at radius 1 is 0.870 bits per heavy atom. The van der Waals surface area contributed by atoms with Crippen molar-refractivity contribution in [1.82, 2.24) is 9.80 Å². The molecule has 3 nitrogen and oxygen atoms in total. The third-order valence-electron chi connectivity index (χ3n) is 5.70. The molecule has 1 aliphatic heterocycles. The summed E-state index contributed by atoms with van der Waals surface area (Å²) in [5, 5.41) is 0. The van der Waals surface area contributed by atoms with Crippen LogP contribution in [0.3, 0.4) is 0 Å². The monoisotopic (exact) mass is 324 g/mol. The third kappa shape index (κ3) is 6.72. The van der Waals surface area contributed by atoms with Crippen molar-refractivity contribution in [3.05, 3.63) is 0 Å². The van der Waals surface area contributed by atoms with Crippen molar-refractivity contribution in [3.63, 3.8) is 0 Å². The van der Waals surface area contributed by atoms with Crippen LogP contribution in [0.15, 0.2) is 0 Å². The molecule has 0 spiro atoms. The molecule has 1 saturated heterocycles. The molecule has 1 saturated carbocycles. The van der Waals surface area contributed by atoms with E-state index in [1.807, 2.05) is 0 Å². The molecular formula is C20H40N2O. The fraction of sp³-hybridized carbons (Fsp3) is 1.00. The van der Waals surface area contributed by atoms with Crippen LogP contribution in [-0.4, -0.2) is 60.8 Å². The molecule has 0 aromatic heterocycles. The maximum atomic E-state index is 5.98. The van der Waals surface area contributed by atoms with E-state index in [0.29, 0.717) is 18.2 Å². The lowest BCUT2D eigenvalue weighted by molar-refractivity contribution is -0.0216. The van der Waals surface area contributed by atoms with E-state index in [-0.39, 0.29) is 0 Å². The second-order valence-corrected chi connectivity index (χ2v) is 8.60. The van der Waals surface area contributed by atoms with Gasteiger partial charge in [0.1, 0.15) is 0 Å². The van der Waals surface area contributed by atoms with Gasteiger partial charge in [0.05, 0.1) is 12.2 Å². The minimum atomic E-state index is 0.389. The van der Waals surface area contributed by atoms with Crippen LogP contribution in [0.4, 0.5) is 0 Å². The zero-order chi connectivity index (χ0) is 16.8. The van der Waals surface area contributed by atoms with Gasteiger partial charge >= 0.3 is 0 Å². The number of nitrogens with zero attached hydrogens (tertiary/aromatic N) is 2. The summed E-state index contributed by atoms with van der Waals surface area (Å²) in [7, 11) is 0. The summed E-state index contributed by atoms with van der Waals surface area (Å²) in [5.74, 6) is 1.78. The first-order valence-electron chi connectivity index (χ1n) is 10.1. The molecule has 0 aromatic rings. The molecule has 1 heterocycles. The van der Waals surface area contributed by atoms with Crippen molar-refractivity contribution in [2.24, 2.45) is 11.8 Å². The first-order valence-corrected chi connectivity index (χ1v) is 10.1. The van der Waals surface area contributed by atoms with E-state index in [4.69, 9.17) is 4.74 Å². The molecule has 0 bridgehead atoms. The van der Waals surface area contributed by atoms with Crippen molar-refractivity contribution in [2.45, 2.75) is 85.0 Å². The minimum Gasteiger partial charge on any atom is -0.376 e. The van der Waals surface area contributed by atoms with E-state index in [1.54, 1.807) is 0 Å². The molecule has 0 amide bonds. The highest BCUT2D eigenvalue weighted by atomic mass is 16.5. The lowest BCUT2D eigenvalue weighted by atomic mass is 9.82. The van der Waals surface area contributed by atoms with E-state index >= 15 is 0 Å². The van der Waals surface area contributed by atoms with E-state index in [0.717, 1.165) is 11.8 Å². The molecular weight excluding hydrogens is 284 g/mol. The summed E-state index contributed by atoms with van der Waals surface area (Å²) < 4.78 is 5.98. The topological polar surface area (TPSA) is 15.7 Å². The molecule has 136 valence electrons. The third-order valence-corrected chi connectivity index (χ3v) is 5.70. The Bertz CT molecular complexity index is 316. The zero-order valence-corrected chi connectivity index (χ0v) is 16.3. The van der Waals surface area contributed by atoms with Crippen molar-refractivity contribution < 1.29 is 4.74 Å². The molecule has 1 aliphatic carbocycles. The van der Waals surface area contributed by atoms with Crippen LogP contribution in [0.1, 0.15) is 66.7 Å². The molecule has 0 aromatic carbocycles. The maximum Gasteiger partial charge on any atom is 0.0578 e. The van der Waals surface area contributed by atoms with Crippen LogP contribution >= 0.6 is 0 Å². The van der Waals surface area contributed by atoms with Gasteiger partial charge in [-0.15, -0.1) is 0 Å². The van der Waals surface area contributed by atoms with Crippen LogP contribution in [0.5, 0.6) is 0 Å². The molecule has 2 fully saturated rings. The summed E-state index contributed by atoms with van der Waals surface area (Å²) in [6, 6.07) is 0.706. The molecule has 3 heteroatoms. The summed E-state index contributed by atoms with van der Waals surface area (Å²) in [4.78, 5) is 5.30. The first kappa shape index (κ1) is 19.2. The molecule has 0 N–H and O–H groups in total. The number of piperazine rings is 1. The Kier molecular flexibility index (Phi) is 7.84. The van der Waals surface area contributed by atoms with Gasteiger partial charge in [0.25, 0.3) is 0 Å². The van der Waals surface area contributed by atoms with Gasteiger partial charge in [-0.3, -0.25) is 4.90 Å². The summed E-state index contributed by atoms with van der Waals surface area (Å²) >= 11 is 0.